The van der Waals surface area contributed by atoms with Gasteiger partial charge in [-0.1, -0.05) is 0 Å². The Morgan fingerprint density at radius 3 is 3.15 bits per heavy atom. The molecule has 13 heavy (non-hydrogen) atoms. The van der Waals surface area contributed by atoms with Gasteiger partial charge in [0, 0.05) is 11.4 Å². The zero-order valence-electron chi connectivity index (χ0n) is 6.68. The van der Waals surface area contributed by atoms with Gasteiger partial charge >= 0.3 is 0 Å². The molecule has 5 heteroatoms. The maximum Gasteiger partial charge on any atom is 0.299 e. The molecule has 0 aromatic carbocycles. The molecule has 0 bridgehead atoms. The summed E-state index contributed by atoms with van der Waals surface area (Å²) in [5, 5.41) is 10.0. The molecule has 2 heterocycles. The Balaban J connectivity index is 2.68. The van der Waals surface area contributed by atoms with Gasteiger partial charge in [-0.25, -0.2) is 0 Å². The molecular formula is C8H8N2O3. The first-order valence-electron chi connectivity index (χ1n) is 3.67. The first kappa shape index (κ1) is 7.88. The van der Waals surface area contributed by atoms with E-state index in [9.17, 15) is 0 Å². The SMILES string of the molecule is NC1OC=c2c(cncc2=CO)O1. The van der Waals surface area contributed by atoms with E-state index in [0.29, 0.717) is 16.2 Å². The lowest BCUT2D eigenvalue weighted by Gasteiger charge is -2.17. The Hall–Kier alpha value is -1.75. The fraction of sp³-hybridized carbons (Fsp3) is 0.125. The van der Waals surface area contributed by atoms with Crippen LogP contribution in [0.4, 0.5) is 0 Å². The lowest BCUT2D eigenvalue weighted by molar-refractivity contribution is -0.0144. The molecule has 1 aromatic rings. The second-order valence-electron chi connectivity index (χ2n) is 2.51. The second kappa shape index (κ2) is 2.95. The minimum atomic E-state index is -0.803. The van der Waals surface area contributed by atoms with Gasteiger partial charge in [0.25, 0.3) is 6.41 Å². The Morgan fingerprint density at radius 2 is 2.38 bits per heavy atom. The van der Waals surface area contributed by atoms with Crippen LogP contribution in [-0.2, 0) is 4.74 Å². The molecule has 0 fully saturated rings. The van der Waals surface area contributed by atoms with Crippen molar-refractivity contribution in [3.05, 3.63) is 22.8 Å². The van der Waals surface area contributed by atoms with Crippen LogP contribution in [-0.4, -0.2) is 16.5 Å². The summed E-state index contributed by atoms with van der Waals surface area (Å²) in [6, 6.07) is 0. The predicted octanol–water partition coefficient (Wildman–Crippen LogP) is -1.23. The summed E-state index contributed by atoms with van der Waals surface area (Å²) in [6.07, 6.45) is 4.59. The molecule has 1 unspecified atom stereocenters. The Bertz CT molecular complexity index is 430. The highest BCUT2D eigenvalue weighted by Gasteiger charge is 2.11. The molecular weight excluding hydrogens is 172 g/mol. The van der Waals surface area contributed by atoms with Crippen molar-refractivity contribution >= 4 is 12.5 Å². The summed E-state index contributed by atoms with van der Waals surface area (Å²) in [4.78, 5) is 3.86. The Labute approximate surface area is 73.7 Å². The predicted molar refractivity (Wildman–Crippen MR) is 44.7 cm³/mol. The van der Waals surface area contributed by atoms with Crippen molar-refractivity contribution in [3.8, 4) is 5.75 Å². The number of aromatic nitrogens is 1. The van der Waals surface area contributed by atoms with E-state index in [-0.39, 0.29) is 0 Å². The summed E-state index contributed by atoms with van der Waals surface area (Å²) < 4.78 is 10.0. The summed E-state index contributed by atoms with van der Waals surface area (Å²) in [5.41, 5.74) is 5.36. The average Bonchev–Trinajstić information content (AvgIpc) is 2.16. The molecule has 0 saturated heterocycles. The summed E-state index contributed by atoms with van der Waals surface area (Å²) in [5.74, 6) is 0.501. The van der Waals surface area contributed by atoms with Crippen LogP contribution in [0.25, 0.3) is 12.5 Å². The number of pyridine rings is 1. The van der Waals surface area contributed by atoms with E-state index in [1.807, 2.05) is 0 Å². The van der Waals surface area contributed by atoms with Crippen molar-refractivity contribution in [1.29, 1.82) is 0 Å². The van der Waals surface area contributed by atoms with Gasteiger partial charge in [0.2, 0.25) is 0 Å². The molecule has 1 atom stereocenters. The molecule has 1 aliphatic rings. The number of ether oxygens (including phenoxy) is 2. The van der Waals surface area contributed by atoms with Crippen molar-refractivity contribution in [2.45, 2.75) is 6.41 Å². The minimum absolute atomic E-state index is 0.501. The largest absolute Gasteiger partial charge is 0.515 e. The van der Waals surface area contributed by atoms with Gasteiger partial charge in [-0.2, -0.15) is 0 Å². The van der Waals surface area contributed by atoms with E-state index in [1.165, 1.54) is 18.7 Å². The lowest BCUT2D eigenvalue weighted by atomic mass is 10.3. The Kier molecular flexibility index (Phi) is 1.79. The Morgan fingerprint density at radius 1 is 1.54 bits per heavy atom. The summed E-state index contributed by atoms with van der Waals surface area (Å²) >= 11 is 0. The third-order valence-electron chi connectivity index (χ3n) is 1.68. The van der Waals surface area contributed by atoms with Crippen molar-refractivity contribution in [2.75, 3.05) is 0 Å². The number of aliphatic hydroxyl groups is 1. The van der Waals surface area contributed by atoms with Crippen molar-refractivity contribution in [1.82, 2.24) is 4.98 Å². The molecule has 1 aliphatic heterocycles. The topological polar surface area (TPSA) is 77.6 Å². The molecule has 1 aromatic heterocycles. The van der Waals surface area contributed by atoms with Crippen LogP contribution in [0.3, 0.4) is 0 Å². The number of rotatable bonds is 0. The van der Waals surface area contributed by atoms with Crippen LogP contribution in [0.1, 0.15) is 0 Å². The molecule has 0 radical (unpaired) electrons. The van der Waals surface area contributed by atoms with Crippen molar-refractivity contribution in [2.24, 2.45) is 5.73 Å². The smallest absolute Gasteiger partial charge is 0.299 e. The lowest BCUT2D eigenvalue weighted by Crippen LogP contribution is -2.39. The monoisotopic (exact) mass is 180 g/mol. The maximum absolute atomic E-state index is 8.83. The molecule has 0 spiro atoms. The van der Waals surface area contributed by atoms with E-state index in [4.69, 9.17) is 20.3 Å². The van der Waals surface area contributed by atoms with Crippen molar-refractivity contribution < 1.29 is 14.6 Å². The highest BCUT2D eigenvalue weighted by molar-refractivity contribution is 5.33. The van der Waals surface area contributed by atoms with E-state index in [0.717, 1.165) is 6.26 Å². The third-order valence-corrected chi connectivity index (χ3v) is 1.68. The van der Waals surface area contributed by atoms with E-state index in [2.05, 4.69) is 4.98 Å². The normalized spacial score (nSPS) is 21.0. The quantitative estimate of drug-likeness (QED) is 0.522. The fourth-order valence-electron chi connectivity index (χ4n) is 1.08. The second-order valence-corrected chi connectivity index (χ2v) is 2.51. The van der Waals surface area contributed by atoms with Crippen LogP contribution in [0, 0.1) is 0 Å². The molecule has 0 saturated carbocycles. The number of aliphatic hydroxyl groups excluding tert-OH is 1. The molecule has 5 nitrogen and oxygen atoms in total. The minimum Gasteiger partial charge on any atom is -0.515 e. The van der Waals surface area contributed by atoms with Gasteiger partial charge in [0.1, 0.15) is 6.26 Å². The highest BCUT2D eigenvalue weighted by Crippen LogP contribution is 2.04. The van der Waals surface area contributed by atoms with Gasteiger partial charge in [-0.3, -0.25) is 10.7 Å². The van der Waals surface area contributed by atoms with Gasteiger partial charge in [-0.05, 0) is 0 Å². The zero-order valence-corrected chi connectivity index (χ0v) is 6.68. The van der Waals surface area contributed by atoms with Crippen LogP contribution in [0.2, 0.25) is 0 Å². The van der Waals surface area contributed by atoms with E-state index >= 15 is 0 Å². The first-order chi connectivity index (χ1) is 6.31. The highest BCUT2D eigenvalue weighted by atomic mass is 16.7. The number of nitrogens with zero attached hydrogens (tertiary/aromatic N) is 1. The molecule has 3 N–H and O–H groups in total. The molecule has 2 rings (SSSR count). The summed E-state index contributed by atoms with van der Waals surface area (Å²) in [7, 11) is 0. The van der Waals surface area contributed by atoms with E-state index in [1.54, 1.807) is 0 Å². The number of hydrogen-bond acceptors (Lipinski definition) is 5. The molecule has 0 amide bonds. The number of fused-ring (bicyclic) bond motifs is 1. The molecule has 0 aliphatic carbocycles. The van der Waals surface area contributed by atoms with Crippen LogP contribution < -0.4 is 20.9 Å². The van der Waals surface area contributed by atoms with Gasteiger partial charge in [0.05, 0.1) is 17.7 Å². The maximum atomic E-state index is 8.83. The van der Waals surface area contributed by atoms with Gasteiger partial charge < -0.3 is 14.6 Å². The standard InChI is InChI=1S/C8H8N2O3/c9-8-12-4-6-5(3-11)1-10-2-7(6)13-8/h1-4,8,11H,9H2. The average molecular weight is 180 g/mol. The first-order valence-corrected chi connectivity index (χ1v) is 3.67. The van der Waals surface area contributed by atoms with E-state index < -0.39 is 6.41 Å². The van der Waals surface area contributed by atoms with Gasteiger partial charge in [-0.15, -0.1) is 0 Å². The third kappa shape index (κ3) is 1.29. The van der Waals surface area contributed by atoms with Crippen LogP contribution >= 0.6 is 0 Å². The van der Waals surface area contributed by atoms with Gasteiger partial charge in [0.15, 0.2) is 5.75 Å². The number of nitrogens with two attached hydrogens (primary N) is 1. The van der Waals surface area contributed by atoms with Crippen LogP contribution in [0.5, 0.6) is 5.75 Å². The summed E-state index contributed by atoms with van der Waals surface area (Å²) in [6.45, 7) is 0. The fourth-order valence-corrected chi connectivity index (χ4v) is 1.08. The number of hydrogen-bond donors (Lipinski definition) is 2. The van der Waals surface area contributed by atoms with Crippen molar-refractivity contribution in [3.63, 3.8) is 0 Å². The van der Waals surface area contributed by atoms with Crippen LogP contribution in [0.15, 0.2) is 12.4 Å². The zero-order chi connectivity index (χ0) is 9.26. The molecule has 68 valence electrons.